The molecule has 180 valence electrons. The fraction of sp³-hybridized carbons (Fsp3) is 0.880. The van der Waals surface area contributed by atoms with Crippen LogP contribution in [0.15, 0.2) is 0 Å². The van der Waals surface area contributed by atoms with Crippen LogP contribution in [0.5, 0.6) is 0 Å². The Labute approximate surface area is 198 Å². The van der Waals surface area contributed by atoms with Crippen LogP contribution < -0.4 is 0 Å². The Hall–Kier alpha value is -0.820. The molecule has 4 rings (SSSR count). The number of esters is 1. The van der Waals surface area contributed by atoms with Crippen LogP contribution in [0.1, 0.15) is 79.1 Å². The molecule has 0 aromatic carbocycles. The van der Waals surface area contributed by atoms with E-state index in [0.717, 1.165) is 6.42 Å². The van der Waals surface area contributed by atoms with Crippen molar-refractivity contribution in [1.82, 2.24) is 0 Å². The topological polar surface area (TPSA) is 80.7 Å². The van der Waals surface area contributed by atoms with E-state index < -0.39 is 40.1 Å². The first-order valence-corrected chi connectivity index (χ1v) is 13.2. The molecule has 4 saturated carbocycles. The summed E-state index contributed by atoms with van der Waals surface area (Å²) >= 11 is 3.29. The van der Waals surface area contributed by atoms with Crippen LogP contribution in [0.4, 0.5) is 4.39 Å². The maximum atomic E-state index is 17.3. The minimum Gasteiger partial charge on any atom is -0.450 e. The molecule has 0 saturated heterocycles. The van der Waals surface area contributed by atoms with Crippen molar-refractivity contribution in [2.45, 2.75) is 96.4 Å². The molecule has 32 heavy (non-hydrogen) atoms. The molecular formula is C25H36BrFO5. The van der Waals surface area contributed by atoms with Gasteiger partial charge in [0.25, 0.3) is 0 Å². The van der Waals surface area contributed by atoms with Gasteiger partial charge in [0.1, 0.15) is 11.5 Å². The van der Waals surface area contributed by atoms with Crippen molar-refractivity contribution >= 4 is 33.5 Å². The summed E-state index contributed by atoms with van der Waals surface area (Å²) in [6, 6.07) is 0. The first-order chi connectivity index (χ1) is 14.9. The first-order valence-electron chi connectivity index (χ1n) is 12.1. The molecule has 3 unspecified atom stereocenters. The van der Waals surface area contributed by atoms with Gasteiger partial charge in [-0.25, -0.2) is 4.39 Å². The second-order valence-corrected chi connectivity index (χ2v) is 11.9. The van der Waals surface area contributed by atoms with Gasteiger partial charge in [0.15, 0.2) is 11.4 Å². The van der Waals surface area contributed by atoms with E-state index in [9.17, 15) is 19.5 Å². The number of fused-ring (bicyclic) bond motifs is 5. The Morgan fingerprint density at radius 3 is 2.53 bits per heavy atom. The summed E-state index contributed by atoms with van der Waals surface area (Å²) in [6.07, 6.45) is 2.05. The highest BCUT2D eigenvalue weighted by atomic mass is 79.9. The van der Waals surface area contributed by atoms with Crippen molar-refractivity contribution < 1.29 is 28.6 Å². The number of hydrogen-bond donors (Lipinski definition) is 1. The van der Waals surface area contributed by atoms with Crippen molar-refractivity contribution in [2.24, 2.45) is 34.5 Å². The minimum absolute atomic E-state index is 0.0417. The maximum Gasteiger partial charge on any atom is 0.306 e. The fourth-order valence-corrected chi connectivity index (χ4v) is 9.01. The third-order valence-electron chi connectivity index (χ3n) is 10.2. The minimum atomic E-state index is -1.82. The van der Waals surface area contributed by atoms with E-state index >= 15 is 4.39 Å². The Balaban J connectivity index is 1.81. The number of aliphatic hydroxyl groups excluding tert-OH is 1. The Morgan fingerprint density at radius 1 is 1.22 bits per heavy atom. The van der Waals surface area contributed by atoms with E-state index in [1.807, 2.05) is 20.8 Å². The van der Waals surface area contributed by atoms with Crippen molar-refractivity contribution in [3.05, 3.63) is 0 Å². The van der Waals surface area contributed by atoms with Crippen LogP contribution in [0.3, 0.4) is 0 Å². The molecule has 0 heterocycles. The van der Waals surface area contributed by atoms with Crippen LogP contribution in [0.2, 0.25) is 0 Å². The number of hydrogen-bond acceptors (Lipinski definition) is 5. The number of halogens is 2. The van der Waals surface area contributed by atoms with Gasteiger partial charge >= 0.3 is 5.97 Å². The van der Waals surface area contributed by atoms with E-state index in [1.54, 1.807) is 6.92 Å². The second-order valence-electron chi connectivity index (χ2n) is 11.3. The van der Waals surface area contributed by atoms with Gasteiger partial charge in [0.2, 0.25) is 0 Å². The fourth-order valence-electron chi connectivity index (χ4n) is 8.59. The zero-order chi connectivity index (χ0) is 23.7. The van der Waals surface area contributed by atoms with E-state index in [4.69, 9.17) is 4.74 Å². The molecule has 0 aliphatic heterocycles. The maximum absolute atomic E-state index is 17.3. The normalized spacial score (nSPS) is 50.2. The molecule has 5 nitrogen and oxygen atoms in total. The highest BCUT2D eigenvalue weighted by Gasteiger charge is 2.77. The molecule has 7 heteroatoms. The number of aliphatic hydroxyl groups is 1. The van der Waals surface area contributed by atoms with Crippen LogP contribution in [-0.2, 0) is 19.1 Å². The lowest BCUT2D eigenvalue weighted by Crippen LogP contribution is -2.71. The standard InChI is InChI=1S/C25H36BrFO5/c1-5-21(31)32-25(20(30)13-26)14(2)10-18-17-7-6-15-11-16(28)8-9-22(15,3)24(17,27)19(29)12-23(18,25)4/h14-15,17-19,29H,5-13H2,1-4H3/t14?,15?,17-,18-,19?,22-,23-,24-,25-/m0/s1. The van der Waals surface area contributed by atoms with E-state index in [1.165, 1.54) is 0 Å². The van der Waals surface area contributed by atoms with Gasteiger partial charge in [-0.3, -0.25) is 14.4 Å². The number of ketones is 2. The lowest BCUT2D eigenvalue weighted by molar-refractivity contribution is -0.257. The van der Waals surface area contributed by atoms with Crippen molar-refractivity contribution in [3.8, 4) is 0 Å². The summed E-state index contributed by atoms with van der Waals surface area (Å²) in [5.41, 5.74) is -4.81. The summed E-state index contributed by atoms with van der Waals surface area (Å²) in [5.74, 6) is -1.42. The lowest BCUT2D eigenvalue weighted by atomic mass is 9.42. The number of ether oxygens (including phenoxy) is 1. The molecule has 4 aliphatic carbocycles. The quantitative estimate of drug-likeness (QED) is 0.439. The third kappa shape index (κ3) is 2.85. The summed E-state index contributed by atoms with van der Waals surface area (Å²) < 4.78 is 23.3. The van der Waals surface area contributed by atoms with E-state index in [2.05, 4.69) is 15.9 Å². The summed E-state index contributed by atoms with van der Waals surface area (Å²) in [6.45, 7) is 7.47. The highest BCUT2D eigenvalue weighted by Crippen LogP contribution is 2.72. The first kappa shape index (κ1) is 24.3. The number of rotatable bonds is 4. The number of carbonyl (C=O) groups is 3. The molecule has 0 aromatic heterocycles. The number of Topliss-reactive ketones (excluding diaryl/α,β-unsaturated/α-hetero) is 2. The zero-order valence-electron chi connectivity index (χ0n) is 19.6. The van der Waals surface area contributed by atoms with Crippen LogP contribution in [0.25, 0.3) is 0 Å². The predicted molar refractivity (Wildman–Crippen MR) is 121 cm³/mol. The van der Waals surface area contributed by atoms with E-state index in [-0.39, 0.29) is 47.5 Å². The summed E-state index contributed by atoms with van der Waals surface area (Å²) in [5, 5.41) is 11.5. The Morgan fingerprint density at radius 2 is 1.91 bits per heavy atom. The summed E-state index contributed by atoms with van der Waals surface area (Å²) in [4.78, 5) is 38.0. The molecule has 4 fully saturated rings. The molecular weight excluding hydrogens is 479 g/mol. The van der Waals surface area contributed by atoms with Gasteiger partial charge in [0, 0.05) is 36.0 Å². The summed E-state index contributed by atoms with van der Waals surface area (Å²) in [7, 11) is 0. The Bertz CT molecular complexity index is 833. The highest BCUT2D eigenvalue weighted by molar-refractivity contribution is 9.09. The predicted octanol–water partition coefficient (Wildman–Crippen LogP) is 4.56. The zero-order valence-corrected chi connectivity index (χ0v) is 21.2. The van der Waals surface area contributed by atoms with Gasteiger partial charge in [-0.05, 0) is 49.9 Å². The molecule has 0 amide bonds. The molecule has 0 radical (unpaired) electrons. The number of alkyl halides is 2. The van der Waals surface area contributed by atoms with Crippen molar-refractivity contribution in [2.75, 3.05) is 5.33 Å². The molecule has 1 N–H and O–H groups in total. The monoisotopic (exact) mass is 514 g/mol. The van der Waals surface area contributed by atoms with Crippen LogP contribution in [-0.4, -0.2) is 45.3 Å². The van der Waals surface area contributed by atoms with Gasteiger partial charge in [-0.15, -0.1) is 0 Å². The largest absolute Gasteiger partial charge is 0.450 e. The smallest absolute Gasteiger partial charge is 0.306 e. The molecule has 0 bridgehead atoms. The Kier molecular flexibility index (Phi) is 5.97. The molecule has 9 atom stereocenters. The average molecular weight is 515 g/mol. The second kappa shape index (κ2) is 7.86. The SMILES string of the molecule is CCC(=O)O[C@]1(C(=O)CBr)C(C)C[C@H]2[C@@H]3CCC4CC(=O)CC[C@]4(C)[C@@]3(F)C(O)C[C@@]21C. The van der Waals surface area contributed by atoms with Gasteiger partial charge in [-0.2, -0.15) is 0 Å². The van der Waals surface area contributed by atoms with Gasteiger partial charge in [0.05, 0.1) is 11.4 Å². The van der Waals surface area contributed by atoms with Crippen molar-refractivity contribution in [1.29, 1.82) is 0 Å². The van der Waals surface area contributed by atoms with Crippen LogP contribution >= 0.6 is 15.9 Å². The van der Waals surface area contributed by atoms with Gasteiger partial charge in [-0.1, -0.05) is 43.6 Å². The van der Waals surface area contributed by atoms with E-state index in [0.29, 0.717) is 32.1 Å². The molecule has 0 spiro atoms. The third-order valence-corrected chi connectivity index (χ3v) is 10.7. The lowest BCUT2D eigenvalue weighted by Gasteiger charge is -2.65. The molecule has 0 aromatic rings. The van der Waals surface area contributed by atoms with Crippen molar-refractivity contribution in [3.63, 3.8) is 0 Å². The van der Waals surface area contributed by atoms with Gasteiger partial charge < -0.3 is 9.84 Å². The molecule has 4 aliphatic rings. The van der Waals surface area contributed by atoms with Crippen LogP contribution in [0, 0.1) is 34.5 Å². The average Bonchev–Trinajstić information content (AvgIpc) is 2.96. The number of carbonyl (C=O) groups excluding carboxylic acids is 3.